The van der Waals surface area contributed by atoms with Crippen molar-refractivity contribution in [2.24, 2.45) is 16.5 Å². The third kappa shape index (κ3) is 8.09. The number of nitrogens with two attached hydrogens (primary N) is 2. The summed E-state index contributed by atoms with van der Waals surface area (Å²) in [4.78, 5) is 17.9. The number of halogens is 2. The lowest BCUT2D eigenvalue weighted by Crippen LogP contribution is -2.47. The van der Waals surface area contributed by atoms with E-state index in [0.29, 0.717) is 38.1 Å². The van der Waals surface area contributed by atoms with Crippen LogP contribution in [0.1, 0.15) is 0 Å². The molecule has 0 bridgehead atoms. The second-order valence-electron chi connectivity index (χ2n) is 8.48. The third-order valence-electron chi connectivity index (χ3n) is 5.98. The lowest BCUT2D eigenvalue weighted by Gasteiger charge is -2.36. The minimum absolute atomic E-state index is 0.0907. The zero-order chi connectivity index (χ0) is 26.0. The van der Waals surface area contributed by atoms with Gasteiger partial charge in [0.2, 0.25) is 0 Å². The minimum atomic E-state index is -0.0907. The zero-order valence-corrected chi connectivity index (χ0v) is 23.4. The summed E-state index contributed by atoms with van der Waals surface area (Å²) in [5.41, 5.74) is 14.7. The highest BCUT2D eigenvalue weighted by Crippen LogP contribution is 2.31. The van der Waals surface area contributed by atoms with Crippen LogP contribution in [0.2, 0.25) is 5.02 Å². The summed E-state index contributed by atoms with van der Waals surface area (Å²) < 4.78 is 16.0. The van der Waals surface area contributed by atoms with Crippen molar-refractivity contribution in [3.63, 3.8) is 0 Å². The maximum atomic E-state index is 6.26. The summed E-state index contributed by atoms with van der Waals surface area (Å²) in [7, 11) is 0. The van der Waals surface area contributed by atoms with Gasteiger partial charge >= 0.3 is 0 Å². The van der Waals surface area contributed by atoms with E-state index in [1.807, 2.05) is 35.1 Å². The van der Waals surface area contributed by atoms with E-state index < -0.39 is 0 Å². The Bertz CT molecular complexity index is 1190. The number of hydrogen-bond acceptors (Lipinski definition) is 8. The molecule has 0 radical (unpaired) electrons. The number of rotatable bonds is 12. The summed E-state index contributed by atoms with van der Waals surface area (Å²) in [6, 6.07) is 13.8. The molecule has 2 heterocycles. The molecule has 10 nitrogen and oxygen atoms in total. The number of benzene rings is 2. The van der Waals surface area contributed by atoms with E-state index in [9.17, 15) is 0 Å². The highest BCUT2D eigenvalue weighted by Gasteiger charge is 2.18. The smallest absolute Gasteiger partial charge is 0.253 e. The quantitative estimate of drug-likeness (QED) is 0.133. The molecule has 1 fully saturated rings. The van der Waals surface area contributed by atoms with E-state index in [4.69, 9.17) is 35.6 Å². The van der Waals surface area contributed by atoms with E-state index >= 15 is 0 Å². The van der Waals surface area contributed by atoms with Crippen LogP contribution in [0.15, 0.2) is 47.5 Å². The van der Waals surface area contributed by atoms with Crippen LogP contribution in [0.4, 0.5) is 11.6 Å². The Morgan fingerprint density at radius 3 is 2.32 bits per heavy atom. The van der Waals surface area contributed by atoms with Gasteiger partial charge in [-0.3, -0.25) is 4.90 Å². The molecule has 2 aromatic carbocycles. The number of anilines is 1. The van der Waals surface area contributed by atoms with E-state index in [-0.39, 0.29) is 11.9 Å². The number of aliphatic imine (C=N–C) groups is 1. The second-order valence-corrected chi connectivity index (χ2v) is 9.54. The highest BCUT2D eigenvalue weighted by atomic mass is 127. The highest BCUT2D eigenvalue weighted by molar-refractivity contribution is 14.1. The molecule has 4 rings (SSSR count). The van der Waals surface area contributed by atoms with Crippen LogP contribution < -0.4 is 16.4 Å². The van der Waals surface area contributed by atoms with Gasteiger partial charge in [0.25, 0.3) is 5.95 Å². The Morgan fingerprint density at radius 1 is 0.919 bits per heavy atom. The fraction of sp³-hybridized carbons (Fsp3) is 0.400. The first-order valence-electron chi connectivity index (χ1n) is 12.1. The average Bonchev–Trinajstić information content (AvgIpc) is 2.90. The number of nitrogens with zero attached hydrogens (tertiary/aromatic N) is 5. The zero-order valence-electron chi connectivity index (χ0n) is 20.5. The van der Waals surface area contributed by atoms with Crippen LogP contribution >= 0.6 is 34.6 Å². The van der Waals surface area contributed by atoms with Gasteiger partial charge < -0.3 is 28.9 Å². The van der Waals surface area contributed by atoms with Gasteiger partial charge in [-0.25, -0.2) is 9.97 Å². The summed E-state index contributed by atoms with van der Waals surface area (Å²) in [6.45, 7) is 7.92. The molecule has 1 aliphatic rings. The van der Waals surface area contributed by atoms with Crippen LogP contribution in [-0.4, -0.2) is 86.6 Å². The van der Waals surface area contributed by atoms with Crippen molar-refractivity contribution >= 4 is 63.1 Å². The van der Waals surface area contributed by atoms with Gasteiger partial charge in [-0.05, 0) is 30.3 Å². The topological polar surface area (TPSA) is 124 Å². The summed E-state index contributed by atoms with van der Waals surface area (Å²) in [5, 5.41) is 1.45. The molecule has 0 amide bonds. The molecule has 0 saturated carbocycles. The van der Waals surface area contributed by atoms with Gasteiger partial charge in [0.05, 0.1) is 44.2 Å². The molecule has 0 spiro atoms. The summed E-state index contributed by atoms with van der Waals surface area (Å²) in [5.74, 6) is 0.124. The summed E-state index contributed by atoms with van der Waals surface area (Å²) in [6.07, 6.45) is 0. The minimum Gasteiger partial charge on any atom is -0.378 e. The standard InChI is InChI=1S/C25H31ClIN7O3/c26-19-3-6-22-21(17-19)23(31-25(30-22)32-24(28)29)18-1-4-20(5-2-18)34-9-7-33(8-10-34)11-12-35-13-14-36-15-16-37-27/h1-6,17H,7-16H2,(H4,28,29,30,31,32). The molecular formula is C25H31ClIN7O3. The van der Waals surface area contributed by atoms with Crippen molar-refractivity contribution in [3.05, 3.63) is 47.5 Å². The van der Waals surface area contributed by atoms with Gasteiger partial charge in [-0.1, -0.05) is 23.7 Å². The van der Waals surface area contributed by atoms with Crippen molar-refractivity contribution in [1.29, 1.82) is 0 Å². The van der Waals surface area contributed by atoms with Crippen molar-refractivity contribution in [2.45, 2.75) is 0 Å². The Kier molecular flexibility index (Phi) is 10.5. The lowest BCUT2D eigenvalue weighted by molar-refractivity contribution is 0.0323. The van der Waals surface area contributed by atoms with E-state index in [1.165, 1.54) is 5.69 Å². The van der Waals surface area contributed by atoms with Gasteiger partial charge in [0.15, 0.2) is 5.96 Å². The normalized spacial score (nSPS) is 14.3. The van der Waals surface area contributed by atoms with Crippen LogP contribution in [-0.2, 0) is 12.5 Å². The van der Waals surface area contributed by atoms with E-state index in [1.54, 1.807) is 6.07 Å². The Labute approximate surface area is 235 Å². The lowest BCUT2D eigenvalue weighted by atomic mass is 10.1. The molecule has 1 aromatic heterocycles. The Balaban J connectivity index is 1.34. The Hall–Kier alpha value is -2.29. The largest absolute Gasteiger partial charge is 0.378 e. The predicted octanol–water partition coefficient (Wildman–Crippen LogP) is 3.38. The first kappa shape index (κ1) is 27.7. The first-order chi connectivity index (χ1) is 18.0. The number of piperazine rings is 1. The maximum Gasteiger partial charge on any atom is 0.253 e. The monoisotopic (exact) mass is 639 g/mol. The average molecular weight is 640 g/mol. The maximum absolute atomic E-state index is 6.26. The SMILES string of the molecule is NC(N)=Nc1nc(-c2ccc(N3CCN(CCOCCOCCOI)CC3)cc2)c2cc(Cl)ccc2n1. The molecule has 198 valence electrons. The van der Waals surface area contributed by atoms with Crippen molar-refractivity contribution in [3.8, 4) is 11.3 Å². The van der Waals surface area contributed by atoms with Crippen molar-refractivity contribution in [2.75, 3.05) is 70.7 Å². The van der Waals surface area contributed by atoms with Crippen LogP contribution in [0.5, 0.6) is 0 Å². The number of aromatic nitrogens is 2. The molecule has 0 unspecified atom stereocenters. The first-order valence-corrected chi connectivity index (χ1v) is 13.3. The summed E-state index contributed by atoms with van der Waals surface area (Å²) >= 11 is 8.12. The van der Waals surface area contributed by atoms with E-state index in [0.717, 1.165) is 54.9 Å². The van der Waals surface area contributed by atoms with E-state index in [2.05, 4.69) is 49.0 Å². The van der Waals surface area contributed by atoms with Crippen LogP contribution in [0, 0.1) is 0 Å². The molecule has 37 heavy (non-hydrogen) atoms. The molecule has 1 aliphatic heterocycles. The molecular weight excluding hydrogens is 609 g/mol. The third-order valence-corrected chi connectivity index (χ3v) is 6.66. The molecule has 12 heteroatoms. The number of fused-ring (bicyclic) bond motifs is 1. The van der Waals surface area contributed by atoms with Crippen molar-refractivity contribution < 1.29 is 12.5 Å². The fourth-order valence-corrected chi connectivity index (χ4v) is 4.49. The van der Waals surface area contributed by atoms with Crippen LogP contribution in [0.25, 0.3) is 22.2 Å². The fourth-order valence-electron chi connectivity index (χ4n) is 4.14. The van der Waals surface area contributed by atoms with Gasteiger partial charge in [-0.2, -0.15) is 4.99 Å². The molecule has 4 N–H and O–H groups in total. The van der Waals surface area contributed by atoms with Gasteiger partial charge in [0.1, 0.15) is 23.0 Å². The number of hydrogen-bond donors (Lipinski definition) is 2. The molecule has 1 saturated heterocycles. The van der Waals surface area contributed by atoms with Gasteiger partial charge in [-0.15, -0.1) is 0 Å². The molecule has 0 atom stereocenters. The predicted molar refractivity (Wildman–Crippen MR) is 156 cm³/mol. The number of ether oxygens (including phenoxy) is 2. The van der Waals surface area contributed by atoms with Crippen LogP contribution in [0.3, 0.4) is 0 Å². The second kappa shape index (κ2) is 14.0. The van der Waals surface area contributed by atoms with Gasteiger partial charge in [0, 0.05) is 54.4 Å². The molecule has 0 aliphatic carbocycles. The number of guanidine groups is 1. The van der Waals surface area contributed by atoms with Crippen molar-refractivity contribution in [1.82, 2.24) is 14.9 Å². The Morgan fingerprint density at radius 2 is 1.62 bits per heavy atom. The molecule has 3 aromatic rings.